The fourth-order valence-electron chi connectivity index (χ4n) is 2.02. The van der Waals surface area contributed by atoms with Gasteiger partial charge in [0.2, 0.25) is 17.0 Å². The monoisotopic (exact) mass is 320 g/mol. The van der Waals surface area contributed by atoms with Gasteiger partial charge >= 0.3 is 0 Å². The van der Waals surface area contributed by atoms with E-state index in [0.29, 0.717) is 11.1 Å². The quantitative estimate of drug-likeness (QED) is 0.671. The Hall–Kier alpha value is -2.09. The van der Waals surface area contributed by atoms with Crippen LogP contribution in [-0.4, -0.2) is 31.8 Å². The number of hydrogen-bond acceptors (Lipinski definition) is 6. The van der Waals surface area contributed by atoms with E-state index in [4.69, 9.17) is 5.73 Å². The lowest BCUT2D eigenvalue weighted by atomic mass is 9.98. The first-order valence-electron chi connectivity index (χ1n) is 7.04. The zero-order valence-corrected chi connectivity index (χ0v) is 13.4. The fraction of sp³-hybridized carbons (Fsp3) is 0.429. The number of pyridine rings is 1. The molecule has 22 heavy (non-hydrogen) atoms. The predicted molar refractivity (Wildman–Crippen MR) is 86.1 cm³/mol. The van der Waals surface area contributed by atoms with Gasteiger partial charge in [-0.3, -0.25) is 9.78 Å². The summed E-state index contributed by atoms with van der Waals surface area (Å²) in [5.74, 6) is 0.886. The Morgan fingerprint density at radius 3 is 2.91 bits per heavy atom. The molecule has 1 amide bonds. The summed E-state index contributed by atoms with van der Waals surface area (Å²) in [4.78, 5) is 20.2. The molecule has 118 valence electrons. The van der Waals surface area contributed by atoms with Crippen LogP contribution in [0.5, 0.6) is 0 Å². The van der Waals surface area contributed by atoms with Gasteiger partial charge in [-0.05, 0) is 24.0 Å². The second-order valence-corrected chi connectivity index (χ2v) is 6.27. The number of thioether (sulfide) groups is 1. The Kier molecular flexibility index (Phi) is 5.76. The largest absolute Gasteiger partial charge is 0.368 e. The van der Waals surface area contributed by atoms with Gasteiger partial charge in [0, 0.05) is 12.4 Å². The number of H-pyrrole nitrogens is 1. The molecule has 0 aliphatic carbocycles. The maximum atomic E-state index is 12.1. The number of amides is 1. The molecule has 7 nitrogen and oxygen atoms in total. The minimum absolute atomic E-state index is 0.0426. The van der Waals surface area contributed by atoms with Crippen molar-refractivity contribution in [1.29, 1.82) is 0 Å². The van der Waals surface area contributed by atoms with E-state index < -0.39 is 0 Å². The molecule has 0 spiro atoms. The Balaban J connectivity index is 1.93. The molecule has 8 heteroatoms. The second kappa shape index (κ2) is 7.79. The van der Waals surface area contributed by atoms with Gasteiger partial charge in [-0.25, -0.2) is 5.10 Å². The standard InChI is InChI=1S/C14H20N6OS/c1-9(2)6-11(10-4-3-5-16-7-10)17-12(21)8-22-14-18-13(15)19-20-14/h3-5,7,9,11H,6,8H2,1-2H3,(H,17,21)(H3,15,18,19,20)/t11-/m1/s1. The van der Waals surface area contributed by atoms with Crippen molar-refractivity contribution in [1.82, 2.24) is 25.5 Å². The lowest BCUT2D eigenvalue weighted by Crippen LogP contribution is -2.31. The number of carbonyl (C=O) groups excluding carboxylic acids is 1. The molecule has 0 aromatic carbocycles. The van der Waals surface area contributed by atoms with Crippen LogP contribution in [-0.2, 0) is 4.79 Å². The second-order valence-electron chi connectivity index (χ2n) is 5.33. The van der Waals surface area contributed by atoms with Crippen molar-refractivity contribution in [3.8, 4) is 0 Å². The molecule has 2 aromatic rings. The predicted octanol–water partition coefficient (Wildman–Crippen LogP) is 1.78. The number of carbonyl (C=O) groups is 1. The molecule has 0 radical (unpaired) electrons. The summed E-state index contributed by atoms with van der Waals surface area (Å²) in [7, 11) is 0. The third-order valence-electron chi connectivity index (χ3n) is 2.94. The first kappa shape index (κ1) is 16.3. The zero-order chi connectivity index (χ0) is 15.9. The van der Waals surface area contributed by atoms with E-state index in [0.717, 1.165) is 12.0 Å². The highest BCUT2D eigenvalue weighted by molar-refractivity contribution is 7.99. The molecule has 2 heterocycles. The third kappa shape index (κ3) is 5.03. The summed E-state index contributed by atoms with van der Waals surface area (Å²) >= 11 is 1.24. The molecular formula is C14H20N6OS. The molecule has 0 unspecified atom stereocenters. The number of nitrogens with one attached hydrogen (secondary N) is 2. The third-order valence-corrected chi connectivity index (χ3v) is 3.79. The Labute approximate surface area is 133 Å². The summed E-state index contributed by atoms with van der Waals surface area (Å²) in [6, 6.07) is 3.81. The van der Waals surface area contributed by atoms with E-state index in [1.807, 2.05) is 12.1 Å². The van der Waals surface area contributed by atoms with Crippen molar-refractivity contribution >= 4 is 23.6 Å². The lowest BCUT2D eigenvalue weighted by Gasteiger charge is -2.20. The van der Waals surface area contributed by atoms with Crippen LogP contribution < -0.4 is 11.1 Å². The van der Waals surface area contributed by atoms with Gasteiger partial charge < -0.3 is 11.1 Å². The van der Waals surface area contributed by atoms with Crippen molar-refractivity contribution in [3.63, 3.8) is 0 Å². The molecule has 0 fully saturated rings. The van der Waals surface area contributed by atoms with Crippen molar-refractivity contribution in [2.45, 2.75) is 31.5 Å². The van der Waals surface area contributed by atoms with Crippen molar-refractivity contribution in [3.05, 3.63) is 30.1 Å². The number of rotatable bonds is 7. The maximum absolute atomic E-state index is 12.1. The van der Waals surface area contributed by atoms with Crippen LogP contribution in [0.15, 0.2) is 29.7 Å². The van der Waals surface area contributed by atoms with Crippen molar-refractivity contribution in [2.75, 3.05) is 11.5 Å². The van der Waals surface area contributed by atoms with E-state index in [9.17, 15) is 4.79 Å². The fourth-order valence-corrected chi connectivity index (χ4v) is 2.64. The summed E-state index contributed by atoms with van der Waals surface area (Å²) in [5.41, 5.74) is 6.46. The molecule has 1 atom stereocenters. The minimum Gasteiger partial charge on any atom is -0.368 e. The van der Waals surface area contributed by atoms with E-state index in [1.165, 1.54) is 11.8 Å². The first-order chi connectivity index (χ1) is 10.5. The topological polar surface area (TPSA) is 110 Å². The molecule has 2 aromatic heterocycles. The molecule has 4 N–H and O–H groups in total. The van der Waals surface area contributed by atoms with Gasteiger partial charge in [-0.1, -0.05) is 31.7 Å². The summed E-state index contributed by atoms with van der Waals surface area (Å²) in [6.07, 6.45) is 4.37. The Morgan fingerprint density at radius 2 is 2.32 bits per heavy atom. The molecule has 2 rings (SSSR count). The van der Waals surface area contributed by atoms with Crippen LogP contribution in [0, 0.1) is 5.92 Å². The molecule has 0 bridgehead atoms. The van der Waals surface area contributed by atoms with Crippen LogP contribution in [0.3, 0.4) is 0 Å². The van der Waals surface area contributed by atoms with Crippen molar-refractivity contribution in [2.24, 2.45) is 5.92 Å². The normalized spacial score (nSPS) is 12.3. The van der Waals surface area contributed by atoms with E-state index in [-0.39, 0.29) is 23.7 Å². The van der Waals surface area contributed by atoms with Gasteiger partial charge in [0.15, 0.2) is 0 Å². The Bertz CT molecular complexity index is 600. The molecule has 0 saturated heterocycles. The number of aromatic amines is 1. The van der Waals surface area contributed by atoms with Crippen LogP contribution >= 0.6 is 11.8 Å². The number of hydrogen-bond donors (Lipinski definition) is 3. The molecular weight excluding hydrogens is 300 g/mol. The van der Waals surface area contributed by atoms with E-state index >= 15 is 0 Å². The zero-order valence-electron chi connectivity index (χ0n) is 12.6. The van der Waals surface area contributed by atoms with Gasteiger partial charge in [0.1, 0.15) is 0 Å². The number of nitrogens with two attached hydrogens (primary N) is 1. The van der Waals surface area contributed by atoms with Crippen LogP contribution in [0.1, 0.15) is 31.9 Å². The average molecular weight is 320 g/mol. The summed E-state index contributed by atoms with van der Waals surface area (Å²) < 4.78 is 0. The smallest absolute Gasteiger partial charge is 0.230 e. The highest BCUT2D eigenvalue weighted by Gasteiger charge is 2.17. The number of anilines is 1. The van der Waals surface area contributed by atoms with Crippen LogP contribution in [0.2, 0.25) is 0 Å². The lowest BCUT2D eigenvalue weighted by molar-refractivity contribution is -0.119. The number of nitrogen functional groups attached to an aromatic ring is 1. The van der Waals surface area contributed by atoms with Crippen LogP contribution in [0.25, 0.3) is 0 Å². The van der Waals surface area contributed by atoms with E-state index in [1.54, 1.807) is 12.4 Å². The average Bonchev–Trinajstić information content (AvgIpc) is 2.91. The summed E-state index contributed by atoms with van der Waals surface area (Å²) in [5, 5.41) is 9.94. The number of aromatic nitrogens is 4. The van der Waals surface area contributed by atoms with Gasteiger partial charge in [0.05, 0.1) is 11.8 Å². The van der Waals surface area contributed by atoms with Crippen LogP contribution in [0.4, 0.5) is 5.95 Å². The Morgan fingerprint density at radius 1 is 1.50 bits per heavy atom. The van der Waals surface area contributed by atoms with Crippen molar-refractivity contribution < 1.29 is 4.79 Å². The minimum atomic E-state index is -0.0668. The van der Waals surface area contributed by atoms with Gasteiger partial charge in [-0.15, -0.1) is 5.10 Å². The SMILES string of the molecule is CC(C)C[C@@H](NC(=O)CSc1n[nH]c(N)n1)c1cccnc1. The maximum Gasteiger partial charge on any atom is 0.230 e. The van der Waals surface area contributed by atoms with Gasteiger partial charge in [-0.2, -0.15) is 4.98 Å². The number of nitrogens with zero attached hydrogens (tertiary/aromatic N) is 3. The van der Waals surface area contributed by atoms with E-state index in [2.05, 4.69) is 39.3 Å². The highest BCUT2D eigenvalue weighted by Crippen LogP contribution is 2.21. The highest BCUT2D eigenvalue weighted by atomic mass is 32.2. The summed E-state index contributed by atoms with van der Waals surface area (Å²) in [6.45, 7) is 4.25. The molecule has 0 aliphatic rings. The first-order valence-corrected chi connectivity index (χ1v) is 8.03. The molecule has 0 aliphatic heterocycles. The van der Waals surface area contributed by atoms with Gasteiger partial charge in [0.25, 0.3) is 0 Å². The molecule has 0 saturated carbocycles.